The van der Waals surface area contributed by atoms with Crippen molar-refractivity contribution in [2.45, 2.75) is 19.3 Å². The SMILES string of the molecule is COc1cccc(-c2ccc3c(n2)CCCC3=O)c1. The summed E-state index contributed by atoms with van der Waals surface area (Å²) in [5, 5.41) is 0. The molecule has 3 nitrogen and oxygen atoms in total. The van der Waals surface area contributed by atoms with Crippen molar-refractivity contribution in [3.8, 4) is 17.0 Å². The first kappa shape index (κ1) is 11.9. The van der Waals surface area contributed by atoms with E-state index in [1.165, 1.54) is 0 Å². The van der Waals surface area contributed by atoms with E-state index in [1.807, 2.05) is 36.4 Å². The molecule has 3 rings (SSSR count). The van der Waals surface area contributed by atoms with Gasteiger partial charge in [-0.05, 0) is 37.1 Å². The van der Waals surface area contributed by atoms with Crippen molar-refractivity contribution in [3.05, 3.63) is 47.7 Å². The van der Waals surface area contributed by atoms with Gasteiger partial charge in [0.15, 0.2) is 5.78 Å². The van der Waals surface area contributed by atoms with Gasteiger partial charge in [0.05, 0.1) is 18.5 Å². The number of hydrogen-bond acceptors (Lipinski definition) is 3. The summed E-state index contributed by atoms with van der Waals surface area (Å²) >= 11 is 0. The maximum absolute atomic E-state index is 11.8. The first-order chi connectivity index (χ1) is 9.28. The molecular weight excluding hydrogens is 238 g/mol. The van der Waals surface area contributed by atoms with Crippen molar-refractivity contribution >= 4 is 5.78 Å². The van der Waals surface area contributed by atoms with Gasteiger partial charge in [0.1, 0.15) is 5.75 Å². The number of carbonyl (C=O) groups excluding carboxylic acids is 1. The molecule has 0 aliphatic heterocycles. The van der Waals surface area contributed by atoms with Crippen LogP contribution in [0.2, 0.25) is 0 Å². The number of Topliss-reactive ketones (excluding diaryl/α,β-unsaturated/α-hetero) is 1. The Labute approximate surface area is 112 Å². The maximum Gasteiger partial charge on any atom is 0.164 e. The largest absolute Gasteiger partial charge is 0.497 e. The summed E-state index contributed by atoms with van der Waals surface area (Å²) in [4.78, 5) is 16.4. The van der Waals surface area contributed by atoms with Gasteiger partial charge < -0.3 is 4.74 Å². The number of ether oxygens (including phenoxy) is 1. The zero-order chi connectivity index (χ0) is 13.2. The van der Waals surface area contributed by atoms with Crippen molar-refractivity contribution in [1.29, 1.82) is 0 Å². The van der Waals surface area contributed by atoms with Crippen LogP contribution in [0.4, 0.5) is 0 Å². The molecule has 1 aliphatic carbocycles. The van der Waals surface area contributed by atoms with Crippen molar-refractivity contribution < 1.29 is 9.53 Å². The van der Waals surface area contributed by atoms with Gasteiger partial charge in [-0.15, -0.1) is 0 Å². The lowest BCUT2D eigenvalue weighted by atomic mass is 9.94. The fourth-order valence-corrected chi connectivity index (χ4v) is 2.44. The maximum atomic E-state index is 11.8. The number of aryl methyl sites for hydroxylation is 1. The van der Waals surface area contributed by atoms with Crippen LogP contribution in [0.25, 0.3) is 11.3 Å². The molecule has 1 aliphatic rings. The Kier molecular flexibility index (Phi) is 3.03. The summed E-state index contributed by atoms with van der Waals surface area (Å²) in [5.74, 6) is 1.03. The fourth-order valence-electron chi connectivity index (χ4n) is 2.44. The number of methoxy groups -OCH3 is 1. The number of ketones is 1. The third-order valence-corrected chi connectivity index (χ3v) is 3.46. The van der Waals surface area contributed by atoms with E-state index >= 15 is 0 Å². The van der Waals surface area contributed by atoms with Crippen molar-refractivity contribution in [2.75, 3.05) is 7.11 Å². The lowest BCUT2D eigenvalue weighted by Crippen LogP contribution is -2.12. The first-order valence-electron chi connectivity index (χ1n) is 6.45. The Bertz CT molecular complexity index is 634. The number of fused-ring (bicyclic) bond motifs is 1. The van der Waals surface area contributed by atoms with Gasteiger partial charge in [0.25, 0.3) is 0 Å². The molecule has 0 saturated carbocycles. The highest BCUT2D eigenvalue weighted by Crippen LogP contribution is 2.26. The number of rotatable bonds is 2. The molecule has 2 aromatic rings. The van der Waals surface area contributed by atoms with Gasteiger partial charge in [-0.1, -0.05) is 12.1 Å². The van der Waals surface area contributed by atoms with E-state index < -0.39 is 0 Å². The summed E-state index contributed by atoms with van der Waals surface area (Å²) in [6.45, 7) is 0. The summed E-state index contributed by atoms with van der Waals surface area (Å²) in [6, 6.07) is 11.6. The van der Waals surface area contributed by atoms with Crippen LogP contribution < -0.4 is 4.74 Å². The minimum absolute atomic E-state index is 0.214. The van der Waals surface area contributed by atoms with Crippen molar-refractivity contribution in [2.24, 2.45) is 0 Å². The molecule has 3 heteroatoms. The molecule has 0 spiro atoms. The minimum Gasteiger partial charge on any atom is -0.497 e. The Balaban J connectivity index is 2.04. The Morgan fingerprint density at radius 1 is 1.16 bits per heavy atom. The highest BCUT2D eigenvalue weighted by molar-refractivity contribution is 5.98. The van der Waals surface area contributed by atoms with Gasteiger partial charge in [-0.2, -0.15) is 0 Å². The van der Waals surface area contributed by atoms with Crippen molar-refractivity contribution in [3.63, 3.8) is 0 Å². The van der Waals surface area contributed by atoms with Crippen LogP contribution >= 0.6 is 0 Å². The number of carbonyl (C=O) groups is 1. The lowest BCUT2D eigenvalue weighted by Gasteiger charge is -2.14. The minimum atomic E-state index is 0.214. The second-order valence-corrected chi connectivity index (χ2v) is 4.70. The molecule has 0 N–H and O–H groups in total. The Morgan fingerprint density at radius 2 is 2.05 bits per heavy atom. The van der Waals surface area contributed by atoms with Gasteiger partial charge in [0.2, 0.25) is 0 Å². The molecule has 0 amide bonds. The van der Waals surface area contributed by atoms with E-state index in [9.17, 15) is 4.79 Å². The molecule has 1 aromatic carbocycles. The van der Waals surface area contributed by atoms with Crippen molar-refractivity contribution in [1.82, 2.24) is 4.98 Å². The monoisotopic (exact) mass is 253 g/mol. The Hall–Kier alpha value is -2.16. The van der Waals surface area contributed by atoms with Crippen LogP contribution in [0.15, 0.2) is 36.4 Å². The van der Waals surface area contributed by atoms with E-state index in [2.05, 4.69) is 4.98 Å². The number of benzene rings is 1. The predicted molar refractivity (Wildman–Crippen MR) is 73.5 cm³/mol. The van der Waals surface area contributed by atoms with E-state index in [0.717, 1.165) is 41.1 Å². The van der Waals surface area contributed by atoms with Crippen LogP contribution in [-0.4, -0.2) is 17.9 Å². The number of pyridine rings is 1. The summed E-state index contributed by atoms with van der Waals surface area (Å²) in [6.07, 6.45) is 2.44. The molecule has 19 heavy (non-hydrogen) atoms. The number of hydrogen-bond donors (Lipinski definition) is 0. The molecule has 1 aromatic heterocycles. The van der Waals surface area contributed by atoms with Crippen LogP contribution in [0.3, 0.4) is 0 Å². The summed E-state index contributed by atoms with van der Waals surface area (Å²) < 4.78 is 5.22. The molecule has 0 saturated heterocycles. The van der Waals surface area contributed by atoms with Gasteiger partial charge in [-0.25, -0.2) is 0 Å². The molecular formula is C16H15NO2. The van der Waals surface area contributed by atoms with Gasteiger partial charge in [0, 0.05) is 17.5 Å². The third-order valence-electron chi connectivity index (χ3n) is 3.46. The van der Waals surface area contributed by atoms with E-state index in [1.54, 1.807) is 7.11 Å². The van der Waals surface area contributed by atoms with E-state index in [0.29, 0.717) is 6.42 Å². The smallest absolute Gasteiger partial charge is 0.164 e. The molecule has 96 valence electrons. The highest BCUT2D eigenvalue weighted by atomic mass is 16.5. The average Bonchev–Trinajstić information content (AvgIpc) is 2.47. The van der Waals surface area contributed by atoms with Crippen LogP contribution in [-0.2, 0) is 6.42 Å². The van der Waals surface area contributed by atoms with Crippen LogP contribution in [0.1, 0.15) is 28.9 Å². The molecule has 0 unspecified atom stereocenters. The average molecular weight is 253 g/mol. The van der Waals surface area contributed by atoms with Crippen LogP contribution in [0.5, 0.6) is 5.75 Å². The topological polar surface area (TPSA) is 39.2 Å². The quantitative estimate of drug-likeness (QED) is 0.824. The normalized spacial score (nSPS) is 14.1. The third kappa shape index (κ3) is 2.24. The lowest BCUT2D eigenvalue weighted by molar-refractivity contribution is 0.0971. The summed E-state index contributed by atoms with van der Waals surface area (Å²) in [5.41, 5.74) is 3.63. The van der Waals surface area contributed by atoms with Gasteiger partial charge >= 0.3 is 0 Å². The summed E-state index contributed by atoms with van der Waals surface area (Å²) in [7, 11) is 1.65. The van der Waals surface area contributed by atoms with E-state index in [4.69, 9.17) is 4.74 Å². The highest BCUT2D eigenvalue weighted by Gasteiger charge is 2.18. The second-order valence-electron chi connectivity index (χ2n) is 4.70. The molecule has 1 heterocycles. The first-order valence-corrected chi connectivity index (χ1v) is 6.45. The molecule has 0 fully saturated rings. The molecule has 0 radical (unpaired) electrons. The molecule has 0 bridgehead atoms. The zero-order valence-electron chi connectivity index (χ0n) is 10.8. The number of aromatic nitrogens is 1. The second kappa shape index (κ2) is 4.84. The fraction of sp³-hybridized carbons (Fsp3) is 0.250. The Morgan fingerprint density at radius 3 is 2.89 bits per heavy atom. The van der Waals surface area contributed by atoms with E-state index in [-0.39, 0.29) is 5.78 Å². The van der Waals surface area contributed by atoms with Gasteiger partial charge in [-0.3, -0.25) is 9.78 Å². The van der Waals surface area contributed by atoms with Crippen LogP contribution in [0, 0.1) is 0 Å². The number of nitrogens with zero attached hydrogens (tertiary/aromatic N) is 1. The predicted octanol–water partition coefficient (Wildman–Crippen LogP) is 3.28. The zero-order valence-corrected chi connectivity index (χ0v) is 10.8. The standard InChI is InChI=1S/C16H15NO2/c1-19-12-5-2-4-11(10-12)14-9-8-13-15(17-14)6-3-7-16(13)18/h2,4-5,8-10H,3,6-7H2,1H3. The molecule has 0 atom stereocenters.